The minimum atomic E-state index is 0.576. The third-order valence-electron chi connectivity index (χ3n) is 4.74. The van der Waals surface area contributed by atoms with Crippen molar-refractivity contribution in [3.63, 3.8) is 0 Å². The first kappa shape index (κ1) is 14.9. The van der Waals surface area contributed by atoms with Crippen LogP contribution in [0.15, 0.2) is 46.6 Å². The van der Waals surface area contributed by atoms with E-state index >= 15 is 0 Å². The quantitative estimate of drug-likeness (QED) is 0.644. The van der Waals surface area contributed by atoms with Crippen LogP contribution in [-0.4, -0.2) is 13.7 Å². The van der Waals surface area contributed by atoms with Crippen LogP contribution in [0.5, 0.6) is 11.5 Å². The summed E-state index contributed by atoms with van der Waals surface area (Å²) in [6.45, 7) is 6.82. The molecule has 2 heterocycles. The Kier molecular flexibility index (Phi) is 3.38. The molecule has 0 fully saturated rings. The van der Waals surface area contributed by atoms with Crippen molar-refractivity contribution >= 4 is 16.5 Å². The molecule has 0 radical (unpaired) electrons. The monoisotopic (exact) mass is 320 g/mol. The van der Waals surface area contributed by atoms with E-state index in [-0.39, 0.29) is 0 Å². The van der Waals surface area contributed by atoms with Crippen LogP contribution in [0.3, 0.4) is 0 Å². The van der Waals surface area contributed by atoms with Gasteiger partial charge < -0.3 is 13.9 Å². The average molecular weight is 320 g/mol. The number of fused-ring (bicyclic) bond motifs is 2. The van der Waals surface area contributed by atoms with E-state index in [2.05, 4.69) is 32.9 Å². The van der Waals surface area contributed by atoms with E-state index in [0.29, 0.717) is 6.61 Å². The Balaban J connectivity index is 2.05. The predicted octanol–water partition coefficient (Wildman–Crippen LogP) is 5.27. The third-order valence-corrected chi connectivity index (χ3v) is 4.74. The minimum Gasteiger partial charge on any atom is -0.496 e. The van der Waals surface area contributed by atoms with E-state index < -0.39 is 0 Å². The number of benzene rings is 2. The lowest BCUT2D eigenvalue weighted by molar-refractivity contribution is 0.343. The molecule has 0 spiro atoms. The fourth-order valence-corrected chi connectivity index (χ4v) is 3.52. The number of rotatable bonds is 2. The molecule has 1 aliphatic rings. The molecular formula is C21H20O3. The molecule has 0 bridgehead atoms. The molecule has 0 atom stereocenters. The van der Waals surface area contributed by atoms with Gasteiger partial charge in [0.05, 0.1) is 13.4 Å². The number of para-hydroxylation sites is 1. The molecule has 3 heteroatoms. The topological polar surface area (TPSA) is 31.6 Å². The van der Waals surface area contributed by atoms with Crippen molar-refractivity contribution in [2.75, 3.05) is 13.7 Å². The maximum atomic E-state index is 6.05. The van der Waals surface area contributed by atoms with Crippen molar-refractivity contribution in [3.8, 4) is 11.5 Å². The van der Waals surface area contributed by atoms with Gasteiger partial charge in [0, 0.05) is 22.1 Å². The highest BCUT2D eigenvalue weighted by atomic mass is 16.5. The van der Waals surface area contributed by atoms with Crippen molar-refractivity contribution < 1.29 is 13.9 Å². The minimum absolute atomic E-state index is 0.576. The number of ether oxygens (including phenoxy) is 2. The molecule has 4 rings (SSSR count). The Morgan fingerprint density at radius 1 is 1.04 bits per heavy atom. The summed E-state index contributed by atoms with van der Waals surface area (Å²) in [4.78, 5) is 0. The maximum absolute atomic E-state index is 6.05. The van der Waals surface area contributed by atoms with Crippen molar-refractivity contribution in [2.45, 2.75) is 20.8 Å². The third kappa shape index (κ3) is 2.04. The predicted molar refractivity (Wildman–Crippen MR) is 95.9 cm³/mol. The Bertz CT molecular complexity index is 976. The van der Waals surface area contributed by atoms with Gasteiger partial charge in [-0.05, 0) is 49.6 Å². The number of furan rings is 1. The molecule has 0 amide bonds. The Labute approximate surface area is 141 Å². The van der Waals surface area contributed by atoms with Crippen molar-refractivity contribution in [1.82, 2.24) is 0 Å². The summed E-state index contributed by atoms with van der Waals surface area (Å²) in [7, 11) is 1.71. The molecule has 0 saturated heterocycles. The van der Waals surface area contributed by atoms with Crippen LogP contribution in [-0.2, 0) is 0 Å². The highest BCUT2D eigenvalue weighted by molar-refractivity contribution is 5.96. The lowest BCUT2D eigenvalue weighted by Crippen LogP contribution is -2.12. The van der Waals surface area contributed by atoms with Gasteiger partial charge in [-0.15, -0.1) is 0 Å². The summed E-state index contributed by atoms with van der Waals surface area (Å²) >= 11 is 0. The molecule has 3 nitrogen and oxygen atoms in total. The first-order valence-corrected chi connectivity index (χ1v) is 8.09. The van der Waals surface area contributed by atoms with Gasteiger partial charge in [0.15, 0.2) is 0 Å². The highest BCUT2D eigenvalue weighted by Crippen LogP contribution is 2.45. The van der Waals surface area contributed by atoms with Gasteiger partial charge in [-0.1, -0.05) is 18.2 Å². The number of hydrogen-bond acceptors (Lipinski definition) is 3. The largest absolute Gasteiger partial charge is 0.496 e. The summed E-state index contributed by atoms with van der Waals surface area (Å²) in [5, 5.41) is 1.14. The SMILES string of the molecule is COc1ccccc1C1=C(C)COc2c1cc1c(C)coc1c2C. The Hall–Kier alpha value is -2.68. The average Bonchev–Trinajstić information content (AvgIpc) is 2.96. The van der Waals surface area contributed by atoms with Crippen molar-refractivity contribution in [1.29, 1.82) is 0 Å². The molecular weight excluding hydrogens is 300 g/mol. The van der Waals surface area contributed by atoms with Crippen LogP contribution >= 0.6 is 0 Å². The van der Waals surface area contributed by atoms with Gasteiger partial charge in [0.1, 0.15) is 23.7 Å². The van der Waals surface area contributed by atoms with Crippen LogP contribution in [0.2, 0.25) is 0 Å². The van der Waals surface area contributed by atoms with Crippen LogP contribution in [0, 0.1) is 13.8 Å². The molecule has 3 aromatic rings. The van der Waals surface area contributed by atoms with Gasteiger partial charge in [0.25, 0.3) is 0 Å². The summed E-state index contributed by atoms with van der Waals surface area (Å²) < 4.78 is 17.4. The van der Waals surface area contributed by atoms with Crippen LogP contribution < -0.4 is 9.47 Å². The summed E-state index contributed by atoms with van der Waals surface area (Å²) in [6, 6.07) is 10.3. The summed E-state index contributed by atoms with van der Waals surface area (Å²) in [6.07, 6.45) is 1.81. The molecule has 2 aromatic carbocycles. The molecule has 0 saturated carbocycles. The van der Waals surface area contributed by atoms with Crippen LogP contribution in [0.25, 0.3) is 16.5 Å². The molecule has 0 N–H and O–H groups in total. The molecule has 24 heavy (non-hydrogen) atoms. The van der Waals surface area contributed by atoms with Gasteiger partial charge in [0.2, 0.25) is 0 Å². The van der Waals surface area contributed by atoms with Gasteiger partial charge in [-0.3, -0.25) is 0 Å². The first-order valence-electron chi connectivity index (χ1n) is 8.09. The second-order valence-corrected chi connectivity index (χ2v) is 6.32. The van der Waals surface area contributed by atoms with E-state index in [1.807, 2.05) is 24.5 Å². The summed E-state index contributed by atoms with van der Waals surface area (Å²) in [5.74, 6) is 1.78. The second-order valence-electron chi connectivity index (χ2n) is 6.32. The van der Waals surface area contributed by atoms with E-state index in [1.165, 1.54) is 11.1 Å². The number of aryl methyl sites for hydroxylation is 2. The molecule has 122 valence electrons. The van der Waals surface area contributed by atoms with E-state index in [4.69, 9.17) is 13.9 Å². The Morgan fingerprint density at radius 3 is 2.62 bits per heavy atom. The van der Waals surface area contributed by atoms with E-state index in [9.17, 15) is 0 Å². The zero-order valence-electron chi connectivity index (χ0n) is 14.4. The van der Waals surface area contributed by atoms with Crippen molar-refractivity contribution in [2.24, 2.45) is 0 Å². The Morgan fingerprint density at radius 2 is 1.83 bits per heavy atom. The summed E-state index contributed by atoms with van der Waals surface area (Å²) in [5.41, 5.74) is 7.70. The van der Waals surface area contributed by atoms with Crippen LogP contribution in [0.1, 0.15) is 29.2 Å². The van der Waals surface area contributed by atoms with Gasteiger partial charge >= 0.3 is 0 Å². The number of methoxy groups -OCH3 is 1. The maximum Gasteiger partial charge on any atom is 0.140 e. The lowest BCUT2D eigenvalue weighted by Gasteiger charge is -2.25. The standard InChI is InChI=1S/C21H20O3/c1-12-10-23-20-14(3)21-17(9-16(12)20)19(13(2)11-24-21)15-7-5-6-8-18(15)22-4/h5-10H,11H2,1-4H3. The fraction of sp³-hybridized carbons (Fsp3) is 0.238. The number of hydrogen-bond donors (Lipinski definition) is 0. The van der Waals surface area contributed by atoms with Crippen LogP contribution in [0.4, 0.5) is 0 Å². The molecule has 1 aromatic heterocycles. The van der Waals surface area contributed by atoms with Gasteiger partial charge in [-0.25, -0.2) is 0 Å². The first-order chi connectivity index (χ1) is 11.6. The fourth-order valence-electron chi connectivity index (χ4n) is 3.52. The van der Waals surface area contributed by atoms with Crippen molar-refractivity contribution in [3.05, 3.63) is 64.4 Å². The lowest BCUT2D eigenvalue weighted by atomic mass is 9.88. The van der Waals surface area contributed by atoms with E-state index in [0.717, 1.165) is 44.7 Å². The molecule has 1 aliphatic heterocycles. The zero-order valence-corrected chi connectivity index (χ0v) is 14.4. The highest BCUT2D eigenvalue weighted by Gasteiger charge is 2.25. The second kappa shape index (κ2) is 5.45. The zero-order chi connectivity index (χ0) is 16.8. The van der Waals surface area contributed by atoms with Gasteiger partial charge in [-0.2, -0.15) is 0 Å². The smallest absolute Gasteiger partial charge is 0.140 e. The van der Waals surface area contributed by atoms with E-state index in [1.54, 1.807) is 7.11 Å². The molecule has 0 unspecified atom stereocenters. The molecule has 0 aliphatic carbocycles. The normalized spacial score (nSPS) is 13.8.